The molecule has 0 aromatic rings. The van der Waals surface area contributed by atoms with Gasteiger partial charge in [0.25, 0.3) is 0 Å². The van der Waals surface area contributed by atoms with E-state index in [1.54, 1.807) is 0 Å². The number of nitrogens with zero attached hydrogens (tertiary/aromatic N) is 2. The maximum atomic E-state index is 8.82. The Labute approximate surface area is 85.2 Å². The second kappa shape index (κ2) is 6.00. The first-order valence-electron chi connectivity index (χ1n) is 4.99. The zero-order valence-corrected chi connectivity index (χ0v) is 8.19. The Hall–Kier alpha value is -1.54. The van der Waals surface area contributed by atoms with Gasteiger partial charge in [0.05, 0.1) is 24.0 Å². The summed E-state index contributed by atoms with van der Waals surface area (Å²) in [6, 6.07) is 4.47. The van der Waals surface area contributed by atoms with Gasteiger partial charge in [-0.1, -0.05) is 24.3 Å². The topological polar surface area (TPSA) is 47.6 Å². The van der Waals surface area contributed by atoms with E-state index in [9.17, 15) is 0 Å². The average Bonchev–Trinajstić information content (AvgIpc) is 2.25. The third-order valence-corrected chi connectivity index (χ3v) is 2.36. The van der Waals surface area contributed by atoms with Crippen molar-refractivity contribution in [1.29, 1.82) is 10.5 Å². The van der Waals surface area contributed by atoms with Crippen molar-refractivity contribution in [2.45, 2.75) is 25.7 Å². The van der Waals surface area contributed by atoms with E-state index >= 15 is 0 Å². The SMILES string of the molecule is N#CC1C=CC(C#N)CCC=CCC1. The first-order chi connectivity index (χ1) is 6.86. The number of rotatable bonds is 0. The first-order valence-corrected chi connectivity index (χ1v) is 4.99. The van der Waals surface area contributed by atoms with Gasteiger partial charge in [-0.3, -0.25) is 0 Å². The lowest BCUT2D eigenvalue weighted by atomic mass is 9.97. The molecule has 1 aliphatic carbocycles. The van der Waals surface area contributed by atoms with Gasteiger partial charge < -0.3 is 0 Å². The molecule has 0 N–H and O–H groups in total. The average molecular weight is 186 g/mol. The molecular formula is C12H14N2. The van der Waals surface area contributed by atoms with Crippen molar-refractivity contribution < 1.29 is 0 Å². The van der Waals surface area contributed by atoms with Gasteiger partial charge in [0.2, 0.25) is 0 Å². The maximum absolute atomic E-state index is 8.82. The minimum atomic E-state index is -0.0337. The molecule has 0 aromatic carbocycles. The lowest BCUT2D eigenvalue weighted by Crippen LogP contribution is -1.97. The van der Waals surface area contributed by atoms with E-state index in [1.807, 2.05) is 12.2 Å². The molecule has 2 heteroatoms. The summed E-state index contributed by atoms with van der Waals surface area (Å²) in [6.07, 6.45) is 11.6. The fraction of sp³-hybridized carbons (Fsp3) is 0.500. The van der Waals surface area contributed by atoms with Gasteiger partial charge in [0, 0.05) is 0 Å². The zero-order chi connectivity index (χ0) is 10.2. The summed E-state index contributed by atoms with van der Waals surface area (Å²) in [5, 5.41) is 17.6. The van der Waals surface area contributed by atoms with Crippen LogP contribution in [0.25, 0.3) is 0 Å². The molecule has 14 heavy (non-hydrogen) atoms. The van der Waals surface area contributed by atoms with Gasteiger partial charge in [-0.15, -0.1) is 0 Å². The van der Waals surface area contributed by atoms with Crippen LogP contribution in [0.3, 0.4) is 0 Å². The van der Waals surface area contributed by atoms with E-state index in [2.05, 4.69) is 24.3 Å². The smallest absolute Gasteiger partial charge is 0.0697 e. The van der Waals surface area contributed by atoms with Crippen molar-refractivity contribution in [2.75, 3.05) is 0 Å². The fourth-order valence-corrected chi connectivity index (χ4v) is 1.46. The standard InChI is InChI=1S/C12H14N2/c13-9-11-5-3-1-2-4-6-12(10-14)8-7-11/h1-2,7-8,11-12H,3-6H2. The third-order valence-electron chi connectivity index (χ3n) is 2.36. The maximum Gasteiger partial charge on any atom is 0.0697 e. The molecule has 1 aliphatic rings. The normalized spacial score (nSPS) is 27.6. The van der Waals surface area contributed by atoms with E-state index in [4.69, 9.17) is 10.5 Å². The molecule has 72 valence electrons. The van der Waals surface area contributed by atoms with Gasteiger partial charge in [0.1, 0.15) is 0 Å². The van der Waals surface area contributed by atoms with Gasteiger partial charge in [-0.05, 0) is 25.7 Å². The predicted octanol–water partition coefficient (Wildman–Crippen LogP) is 2.95. The molecule has 0 aliphatic heterocycles. The summed E-state index contributed by atoms with van der Waals surface area (Å²) in [7, 11) is 0. The van der Waals surface area contributed by atoms with Crippen molar-refractivity contribution in [2.24, 2.45) is 11.8 Å². The van der Waals surface area contributed by atoms with Gasteiger partial charge in [0.15, 0.2) is 0 Å². The molecule has 2 atom stereocenters. The minimum absolute atomic E-state index is 0.0337. The second-order valence-electron chi connectivity index (χ2n) is 3.48. The van der Waals surface area contributed by atoms with Crippen LogP contribution in [0, 0.1) is 34.5 Å². The first kappa shape index (κ1) is 10.5. The van der Waals surface area contributed by atoms with Crippen molar-refractivity contribution in [3.8, 4) is 12.1 Å². The van der Waals surface area contributed by atoms with Crippen LogP contribution < -0.4 is 0 Å². The van der Waals surface area contributed by atoms with Crippen LogP contribution in [0.2, 0.25) is 0 Å². The molecule has 0 heterocycles. The molecule has 2 nitrogen and oxygen atoms in total. The highest BCUT2D eigenvalue weighted by Gasteiger charge is 2.06. The Morgan fingerprint density at radius 1 is 0.857 bits per heavy atom. The number of hydrogen-bond acceptors (Lipinski definition) is 2. The Bertz CT molecular complexity index is 271. The van der Waals surface area contributed by atoms with E-state index in [0.717, 1.165) is 25.7 Å². The number of nitriles is 2. The molecule has 0 aromatic heterocycles. The minimum Gasteiger partial charge on any atom is -0.198 e. The van der Waals surface area contributed by atoms with Crippen LogP contribution in [-0.4, -0.2) is 0 Å². The summed E-state index contributed by atoms with van der Waals surface area (Å²) >= 11 is 0. The highest BCUT2D eigenvalue weighted by Crippen LogP contribution is 2.15. The summed E-state index contributed by atoms with van der Waals surface area (Å²) in [6.45, 7) is 0. The zero-order valence-electron chi connectivity index (χ0n) is 8.19. The molecule has 0 spiro atoms. The molecule has 0 saturated heterocycles. The molecule has 0 radical (unpaired) electrons. The summed E-state index contributed by atoms with van der Waals surface area (Å²) in [4.78, 5) is 0. The van der Waals surface area contributed by atoms with Crippen LogP contribution >= 0.6 is 0 Å². The van der Waals surface area contributed by atoms with Crippen molar-refractivity contribution in [3.05, 3.63) is 24.3 Å². The predicted molar refractivity (Wildman–Crippen MR) is 55.0 cm³/mol. The van der Waals surface area contributed by atoms with Crippen LogP contribution in [0.4, 0.5) is 0 Å². The Kier molecular flexibility index (Phi) is 4.51. The van der Waals surface area contributed by atoms with Crippen molar-refractivity contribution >= 4 is 0 Å². The van der Waals surface area contributed by atoms with E-state index < -0.39 is 0 Å². The number of hydrogen-bond donors (Lipinski definition) is 0. The number of allylic oxidation sites excluding steroid dienone is 4. The van der Waals surface area contributed by atoms with Gasteiger partial charge in [-0.2, -0.15) is 10.5 Å². The Morgan fingerprint density at radius 3 is 1.64 bits per heavy atom. The molecule has 0 fully saturated rings. The van der Waals surface area contributed by atoms with Crippen LogP contribution in [-0.2, 0) is 0 Å². The second-order valence-corrected chi connectivity index (χ2v) is 3.48. The fourth-order valence-electron chi connectivity index (χ4n) is 1.46. The van der Waals surface area contributed by atoms with Crippen LogP contribution in [0.5, 0.6) is 0 Å². The molecule has 1 rings (SSSR count). The molecule has 2 unspecified atom stereocenters. The van der Waals surface area contributed by atoms with Crippen molar-refractivity contribution in [3.63, 3.8) is 0 Å². The third kappa shape index (κ3) is 3.46. The molecule has 0 saturated carbocycles. The van der Waals surface area contributed by atoms with Gasteiger partial charge in [-0.25, -0.2) is 0 Å². The Morgan fingerprint density at radius 2 is 1.29 bits per heavy atom. The van der Waals surface area contributed by atoms with E-state index in [1.165, 1.54) is 0 Å². The summed E-state index contributed by atoms with van der Waals surface area (Å²) < 4.78 is 0. The van der Waals surface area contributed by atoms with E-state index in [-0.39, 0.29) is 11.8 Å². The molecular weight excluding hydrogens is 172 g/mol. The highest BCUT2D eigenvalue weighted by atomic mass is 14.3. The summed E-state index contributed by atoms with van der Waals surface area (Å²) in [5.74, 6) is -0.0674. The van der Waals surface area contributed by atoms with Crippen molar-refractivity contribution in [1.82, 2.24) is 0 Å². The molecule has 0 amide bonds. The summed E-state index contributed by atoms with van der Waals surface area (Å²) in [5.41, 5.74) is 0. The lowest BCUT2D eigenvalue weighted by Gasteiger charge is -2.05. The quantitative estimate of drug-likeness (QED) is 0.546. The van der Waals surface area contributed by atoms with Crippen LogP contribution in [0.1, 0.15) is 25.7 Å². The largest absolute Gasteiger partial charge is 0.198 e. The van der Waals surface area contributed by atoms with E-state index in [0.29, 0.717) is 0 Å². The lowest BCUT2D eigenvalue weighted by molar-refractivity contribution is 0.686. The molecule has 0 bridgehead atoms. The van der Waals surface area contributed by atoms with Crippen LogP contribution in [0.15, 0.2) is 24.3 Å². The van der Waals surface area contributed by atoms with Gasteiger partial charge >= 0.3 is 0 Å². The Balaban J connectivity index is 2.65. The monoisotopic (exact) mass is 186 g/mol. The highest BCUT2D eigenvalue weighted by molar-refractivity contribution is 5.08.